The van der Waals surface area contributed by atoms with Crippen molar-refractivity contribution in [3.8, 4) is 0 Å². The van der Waals surface area contributed by atoms with Crippen LogP contribution in [-0.4, -0.2) is 109 Å². The average molecular weight is 1030 g/mol. The molecule has 6 N–H and O–H groups in total. The van der Waals surface area contributed by atoms with E-state index in [0.29, 0.717) is 38.0 Å². The first-order valence-electron chi connectivity index (χ1n) is 26.3. The molecule has 4 heterocycles. The normalized spacial score (nSPS) is 15.5. The van der Waals surface area contributed by atoms with Gasteiger partial charge >= 0.3 is 6.03 Å². The number of carbonyl (C=O) groups excluding carboxylic acids is 5. The molecule has 7 aromatic rings. The molecule has 0 bridgehead atoms. The first-order chi connectivity index (χ1) is 37.6. The van der Waals surface area contributed by atoms with Gasteiger partial charge in [-0.05, 0) is 102 Å². The van der Waals surface area contributed by atoms with Crippen LogP contribution in [-0.2, 0) is 62.6 Å². The highest BCUT2D eigenvalue weighted by atomic mass is 16.2. The van der Waals surface area contributed by atoms with Gasteiger partial charge in [-0.2, -0.15) is 0 Å². The molecule has 4 aromatic carbocycles. The summed E-state index contributed by atoms with van der Waals surface area (Å²) in [5.74, 6) is -0.644. The largest absolute Gasteiger partial charge is 0.347 e. The van der Waals surface area contributed by atoms with E-state index >= 15 is 0 Å². The Balaban J connectivity index is 0.000000134. The number of piperazine rings is 1. The van der Waals surface area contributed by atoms with Gasteiger partial charge in [0.1, 0.15) is 5.69 Å². The fraction of sp³-hybridized carbons (Fsp3) is 0.305. The molecule has 0 atom stereocenters. The summed E-state index contributed by atoms with van der Waals surface area (Å²) >= 11 is 0. The third-order valence-electron chi connectivity index (χ3n) is 14.6. The first-order valence-corrected chi connectivity index (χ1v) is 26.3. The first kappa shape index (κ1) is 51.7. The maximum Gasteiger partial charge on any atom is 0.323 e. The number of fused-ring (bicyclic) bond motifs is 4. The lowest BCUT2D eigenvalue weighted by molar-refractivity contribution is -0.119. The molecule has 0 radical (unpaired) electrons. The maximum atomic E-state index is 12.9. The lowest BCUT2D eigenvalue weighted by atomic mass is 10.1. The zero-order valence-corrected chi connectivity index (χ0v) is 42.9. The number of hydrogen-bond donors (Lipinski definition) is 6. The number of benzene rings is 4. The third kappa shape index (κ3) is 12.7. The van der Waals surface area contributed by atoms with Gasteiger partial charge in [0.15, 0.2) is 23.0 Å². The van der Waals surface area contributed by atoms with E-state index in [0.717, 1.165) is 57.3 Å². The van der Waals surface area contributed by atoms with Crippen molar-refractivity contribution in [1.82, 2.24) is 56.1 Å². The monoisotopic (exact) mass is 1030 g/mol. The summed E-state index contributed by atoms with van der Waals surface area (Å²) < 4.78 is 0. The Hall–Kier alpha value is -8.77. The summed E-state index contributed by atoms with van der Waals surface area (Å²) in [7, 11) is 0. The standard InChI is InChI=1S/C24H22N4O2.C19H22N6O2.C16H17N3O/c29-23(19-11-15-5-1-2-6-16(15)12-19)28-22-21(25-9-10-26-22)24(30)27-20-13-17-7-3-4-8-18(17)14-20;26-18(23-15-11-13-3-1-2-4-14(13)12-15)16-17(22-6-5-21-16)24-19(27)25-9-7-20-8-10-25;1-2-14-15(18-8-7-17-14)16(20)19-13-9-11-5-3-4-6-12(11)10-13/h1-10,19-20H,11-14H2,(H,27,30)(H,26,28,29);1-6,15,20H,7-12H2,(H,23,26)(H,22,24,27);3-8,13H,2,9-10H2,1H3,(H,19,20). The van der Waals surface area contributed by atoms with Gasteiger partial charge in [0.2, 0.25) is 5.91 Å². The van der Waals surface area contributed by atoms with Crippen molar-refractivity contribution in [2.75, 3.05) is 36.8 Å². The van der Waals surface area contributed by atoms with Gasteiger partial charge in [-0.25, -0.2) is 29.7 Å². The highest BCUT2D eigenvalue weighted by Crippen LogP contribution is 2.29. The molecule has 1 aliphatic heterocycles. The number of nitrogens with zero attached hydrogens (tertiary/aromatic N) is 7. The Morgan fingerprint density at radius 3 is 1.19 bits per heavy atom. The van der Waals surface area contributed by atoms with Crippen LogP contribution < -0.4 is 31.9 Å². The van der Waals surface area contributed by atoms with Crippen molar-refractivity contribution in [3.63, 3.8) is 0 Å². The van der Waals surface area contributed by atoms with E-state index in [4.69, 9.17) is 0 Å². The molecule has 6 amide bonds. The van der Waals surface area contributed by atoms with Gasteiger partial charge in [0.25, 0.3) is 17.7 Å². The van der Waals surface area contributed by atoms with Crippen molar-refractivity contribution in [2.24, 2.45) is 5.92 Å². The van der Waals surface area contributed by atoms with Gasteiger partial charge in [0, 0.05) is 87.4 Å². The minimum absolute atomic E-state index is 0.0183. The molecular formula is C59H61N13O5. The van der Waals surface area contributed by atoms with Crippen molar-refractivity contribution in [1.29, 1.82) is 0 Å². The molecule has 0 unspecified atom stereocenters. The third-order valence-corrected chi connectivity index (χ3v) is 14.6. The molecule has 0 saturated carbocycles. The van der Waals surface area contributed by atoms with Crippen LogP contribution in [0.5, 0.6) is 0 Å². The molecule has 77 heavy (non-hydrogen) atoms. The van der Waals surface area contributed by atoms with Gasteiger partial charge < -0.3 is 31.5 Å². The van der Waals surface area contributed by atoms with E-state index in [2.05, 4.69) is 110 Å². The molecule has 392 valence electrons. The second-order valence-corrected chi connectivity index (χ2v) is 19.8. The fourth-order valence-corrected chi connectivity index (χ4v) is 10.8. The van der Waals surface area contributed by atoms with Crippen LogP contribution in [0.15, 0.2) is 134 Å². The van der Waals surface area contributed by atoms with E-state index in [-0.39, 0.29) is 76.7 Å². The summed E-state index contributed by atoms with van der Waals surface area (Å²) in [6.07, 6.45) is 16.2. The average Bonchev–Trinajstić information content (AvgIpc) is 4.29. The van der Waals surface area contributed by atoms with Gasteiger partial charge in [-0.3, -0.25) is 29.5 Å². The van der Waals surface area contributed by atoms with Crippen molar-refractivity contribution in [3.05, 3.63) is 202 Å². The molecule has 1 saturated heterocycles. The Labute approximate surface area is 446 Å². The maximum absolute atomic E-state index is 12.9. The van der Waals surface area contributed by atoms with E-state index in [1.165, 1.54) is 69.3 Å². The second kappa shape index (κ2) is 24.3. The number of urea groups is 1. The SMILES string of the molecule is CCc1nccnc1C(=O)NC1Cc2ccccc2C1.O=C(NC1Cc2ccccc2C1)c1nccnc1NC(=O)C1Cc2ccccc2C1.O=C(NC1Cc2ccccc2C1)c1nccnc1NC(=O)N1CCNCC1. The molecule has 12 rings (SSSR count). The van der Waals surface area contributed by atoms with E-state index < -0.39 is 0 Å². The summed E-state index contributed by atoms with van der Waals surface area (Å²) in [4.78, 5) is 90.0. The van der Waals surface area contributed by atoms with Crippen LogP contribution in [0.25, 0.3) is 0 Å². The Bertz CT molecular complexity index is 3190. The van der Waals surface area contributed by atoms with Crippen LogP contribution in [0, 0.1) is 5.92 Å². The summed E-state index contributed by atoms with van der Waals surface area (Å²) in [6.45, 7) is 4.72. The quantitative estimate of drug-likeness (QED) is 0.100. The van der Waals surface area contributed by atoms with Crippen LogP contribution in [0.4, 0.5) is 16.4 Å². The number of carbonyl (C=O) groups is 5. The van der Waals surface area contributed by atoms with Crippen LogP contribution in [0.3, 0.4) is 0 Å². The van der Waals surface area contributed by atoms with Gasteiger partial charge in [0.05, 0.1) is 5.69 Å². The Morgan fingerprint density at radius 1 is 0.455 bits per heavy atom. The number of rotatable bonds is 10. The molecule has 3 aromatic heterocycles. The van der Waals surface area contributed by atoms with Crippen molar-refractivity contribution in [2.45, 2.75) is 82.8 Å². The number of hydrogen-bond acceptors (Lipinski definition) is 12. The molecule has 0 spiro atoms. The number of aromatic nitrogens is 6. The van der Waals surface area contributed by atoms with Crippen molar-refractivity contribution >= 4 is 41.3 Å². The fourth-order valence-electron chi connectivity index (χ4n) is 10.8. The highest BCUT2D eigenvalue weighted by molar-refractivity contribution is 6.02. The molecule has 4 aliphatic carbocycles. The number of anilines is 2. The summed E-state index contributed by atoms with van der Waals surface area (Å²) in [6, 6.07) is 32.8. The molecule has 18 heteroatoms. The lowest BCUT2D eigenvalue weighted by Gasteiger charge is -2.27. The zero-order valence-electron chi connectivity index (χ0n) is 42.9. The summed E-state index contributed by atoms with van der Waals surface area (Å²) in [5, 5.41) is 17.9. The van der Waals surface area contributed by atoms with E-state index in [9.17, 15) is 24.0 Å². The molecule has 5 aliphatic rings. The topological polar surface area (TPSA) is 238 Å². The zero-order chi connectivity index (χ0) is 53.1. The van der Waals surface area contributed by atoms with E-state index in [1.54, 1.807) is 17.3 Å². The minimum Gasteiger partial charge on any atom is -0.347 e. The lowest BCUT2D eigenvalue weighted by Crippen LogP contribution is -2.48. The molecular weight excluding hydrogens is 971 g/mol. The molecule has 18 nitrogen and oxygen atoms in total. The minimum atomic E-state index is -0.323. The van der Waals surface area contributed by atoms with Gasteiger partial charge in [-0.1, -0.05) is 104 Å². The van der Waals surface area contributed by atoms with Crippen molar-refractivity contribution < 1.29 is 24.0 Å². The number of nitrogens with one attached hydrogen (secondary N) is 6. The second-order valence-electron chi connectivity index (χ2n) is 19.8. The van der Waals surface area contributed by atoms with E-state index in [1.807, 2.05) is 55.5 Å². The highest BCUT2D eigenvalue weighted by Gasteiger charge is 2.31. The number of amides is 6. The Morgan fingerprint density at radius 2 is 0.792 bits per heavy atom. The number of aryl methyl sites for hydroxylation is 1. The smallest absolute Gasteiger partial charge is 0.323 e. The predicted molar refractivity (Wildman–Crippen MR) is 290 cm³/mol. The van der Waals surface area contributed by atoms with Crippen LogP contribution >= 0.6 is 0 Å². The predicted octanol–water partition coefficient (Wildman–Crippen LogP) is 5.47. The summed E-state index contributed by atoms with van der Waals surface area (Å²) in [5.41, 5.74) is 11.6. The Kier molecular flexibility index (Phi) is 16.3. The van der Waals surface area contributed by atoms with Crippen LogP contribution in [0.2, 0.25) is 0 Å². The van der Waals surface area contributed by atoms with Gasteiger partial charge in [-0.15, -0.1) is 0 Å². The molecule has 1 fully saturated rings. The van der Waals surface area contributed by atoms with Crippen LogP contribution in [0.1, 0.15) is 88.6 Å².